The van der Waals surface area contributed by atoms with Gasteiger partial charge in [-0.25, -0.2) is 9.97 Å². The van der Waals surface area contributed by atoms with Crippen LogP contribution < -0.4 is 11.5 Å². The molecule has 1 heterocycles. The quantitative estimate of drug-likeness (QED) is 0.661. The first-order valence-corrected chi connectivity index (χ1v) is 7.68. The largest absolute Gasteiger partial charge is 0.383 e. The lowest BCUT2D eigenvalue weighted by Gasteiger charge is -2.07. The van der Waals surface area contributed by atoms with Crippen molar-refractivity contribution in [1.82, 2.24) is 9.97 Å². The molecule has 1 aromatic heterocycles. The van der Waals surface area contributed by atoms with Crippen molar-refractivity contribution in [2.75, 3.05) is 17.2 Å². The minimum absolute atomic E-state index is 0.317. The molecule has 0 amide bonds. The highest BCUT2D eigenvalue weighted by Crippen LogP contribution is 2.34. The Labute approximate surface area is 125 Å². The van der Waals surface area contributed by atoms with E-state index in [-0.39, 0.29) is 0 Å². The van der Waals surface area contributed by atoms with E-state index < -0.39 is 0 Å². The van der Waals surface area contributed by atoms with Crippen LogP contribution >= 0.6 is 23.5 Å². The van der Waals surface area contributed by atoms with Crippen molar-refractivity contribution >= 4 is 35.2 Å². The summed E-state index contributed by atoms with van der Waals surface area (Å²) in [6, 6.07) is 9.45. The second kappa shape index (κ2) is 6.50. The molecule has 2 rings (SSSR count). The van der Waals surface area contributed by atoms with Crippen molar-refractivity contribution in [3.8, 4) is 6.07 Å². The fourth-order valence-corrected chi connectivity index (χ4v) is 3.34. The summed E-state index contributed by atoms with van der Waals surface area (Å²) in [7, 11) is 0. The van der Waals surface area contributed by atoms with E-state index in [0.717, 1.165) is 15.5 Å². The molecule has 0 saturated heterocycles. The molecule has 0 fully saturated rings. The zero-order chi connectivity index (χ0) is 14.5. The number of benzene rings is 1. The van der Waals surface area contributed by atoms with Gasteiger partial charge in [0.1, 0.15) is 17.7 Å². The van der Waals surface area contributed by atoms with Crippen molar-refractivity contribution < 1.29 is 0 Å². The maximum absolute atomic E-state index is 9.35. The molecule has 0 aliphatic heterocycles. The number of aromatic nitrogens is 2. The minimum atomic E-state index is 0.317. The van der Waals surface area contributed by atoms with Crippen molar-refractivity contribution in [3.05, 3.63) is 29.8 Å². The molecule has 20 heavy (non-hydrogen) atoms. The standard InChI is InChI=1S/C13H13N5S2/c1-2-19-9-4-3-5-10(8(9)7-14)20-13-17-11(15)6-12(16)18-13/h3-6H,2H2,1H3,(H4,15,16,17,18). The SMILES string of the molecule is CCSc1cccc(Sc2nc(N)cc(N)n2)c1C#N. The van der Waals surface area contributed by atoms with Crippen molar-refractivity contribution in [3.63, 3.8) is 0 Å². The summed E-state index contributed by atoms with van der Waals surface area (Å²) < 4.78 is 0. The molecular weight excluding hydrogens is 290 g/mol. The van der Waals surface area contributed by atoms with E-state index in [9.17, 15) is 5.26 Å². The molecule has 0 spiro atoms. The Morgan fingerprint density at radius 3 is 2.45 bits per heavy atom. The molecule has 4 N–H and O–H groups in total. The number of hydrogen-bond acceptors (Lipinski definition) is 7. The monoisotopic (exact) mass is 303 g/mol. The van der Waals surface area contributed by atoms with Gasteiger partial charge in [-0.1, -0.05) is 13.0 Å². The number of nitrogen functional groups attached to an aromatic ring is 2. The molecule has 0 radical (unpaired) electrons. The lowest BCUT2D eigenvalue weighted by Crippen LogP contribution is -1.99. The first-order chi connectivity index (χ1) is 9.63. The first-order valence-electron chi connectivity index (χ1n) is 5.87. The number of nitrogens with two attached hydrogens (primary N) is 2. The predicted molar refractivity (Wildman–Crippen MR) is 82.5 cm³/mol. The van der Waals surface area contributed by atoms with E-state index in [0.29, 0.717) is 22.4 Å². The van der Waals surface area contributed by atoms with Crippen LogP contribution in [0.15, 0.2) is 39.2 Å². The molecule has 5 nitrogen and oxygen atoms in total. The van der Waals surface area contributed by atoms with Crippen LogP contribution in [0, 0.1) is 11.3 Å². The van der Waals surface area contributed by atoms with Gasteiger partial charge in [0.2, 0.25) is 0 Å². The Kier molecular flexibility index (Phi) is 4.71. The van der Waals surface area contributed by atoms with Crippen LogP contribution in [0.25, 0.3) is 0 Å². The van der Waals surface area contributed by atoms with Crippen LogP contribution in [0.5, 0.6) is 0 Å². The van der Waals surface area contributed by atoms with Crippen LogP contribution in [-0.4, -0.2) is 15.7 Å². The number of nitrogens with zero attached hydrogens (tertiary/aromatic N) is 3. The third kappa shape index (κ3) is 3.35. The summed E-state index contributed by atoms with van der Waals surface area (Å²) in [5.41, 5.74) is 11.9. The smallest absolute Gasteiger partial charge is 0.196 e. The number of hydrogen-bond donors (Lipinski definition) is 2. The molecule has 102 valence electrons. The number of thioether (sulfide) groups is 1. The second-order valence-electron chi connectivity index (χ2n) is 3.78. The van der Waals surface area contributed by atoms with Gasteiger partial charge in [-0.15, -0.1) is 11.8 Å². The molecule has 0 bridgehead atoms. The summed E-state index contributed by atoms with van der Waals surface area (Å²) >= 11 is 2.92. The average Bonchev–Trinajstić information content (AvgIpc) is 2.38. The van der Waals surface area contributed by atoms with E-state index >= 15 is 0 Å². The molecule has 0 saturated carbocycles. The third-order valence-electron chi connectivity index (χ3n) is 2.35. The fraction of sp³-hybridized carbons (Fsp3) is 0.154. The van der Waals surface area contributed by atoms with Crippen LogP contribution in [0.4, 0.5) is 11.6 Å². The van der Waals surface area contributed by atoms with E-state index in [1.54, 1.807) is 11.8 Å². The highest BCUT2D eigenvalue weighted by Gasteiger charge is 2.11. The van der Waals surface area contributed by atoms with Gasteiger partial charge in [0.15, 0.2) is 5.16 Å². The Morgan fingerprint density at radius 2 is 1.85 bits per heavy atom. The highest BCUT2D eigenvalue weighted by atomic mass is 32.2. The number of nitriles is 1. The average molecular weight is 303 g/mol. The highest BCUT2D eigenvalue weighted by molar-refractivity contribution is 8.00. The van der Waals surface area contributed by atoms with Gasteiger partial charge >= 0.3 is 0 Å². The lowest BCUT2D eigenvalue weighted by molar-refractivity contribution is 0.983. The van der Waals surface area contributed by atoms with E-state index in [4.69, 9.17) is 11.5 Å². The molecule has 2 aromatic rings. The normalized spacial score (nSPS) is 10.2. The van der Waals surface area contributed by atoms with Crippen LogP contribution in [0.2, 0.25) is 0 Å². The van der Waals surface area contributed by atoms with Gasteiger partial charge in [-0.05, 0) is 29.6 Å². The first kappa shape index (κ1) is 14.5. The van der Waals surface area contributed by atoms with Crippen molar-refractivity contribution in [1.29, 1.82) is 5.26 Å². The Balaban J connectivity index is 2.38. The summed E-state index contributed by atoms with van der Waals surface area (Å²) in [6.07, 6.45) is 0. The molecular formula is C13H13N5S2. The van der Waals surface area contributed by atoms with E-state index in [1.807, 2.05) is 25.1 Å². The Morgan fingerprint density at radius 1 is 1.20 bits per heavy atom. The van der Waals surface area contributed by atoms with Crippen LogP contribution in [0.3, 0.4) is 0 Å². The topological polar surface area (TPSA) is 102 Å². The molecule has 7 heteroatoms. The molecule has 0 aliphatic rings. The van der Waals surface area contributed by atoms with Gasteiger partial charge in [0, 0.05) is 15.9 Å². The summed E-state index contributed by atoms with van der Waals surface area (Å²) in [5.74, 6) is 1.54. The second-order valence-corrected chi connectivity index (χ2v) is 6.09. The van der Waals surface area contributed by atoms with Gasteiger partial charge in [-0.2, -0.15) is 5.26 Å². The van der Waals surface area contributed by atoms with Crippen LogP contribution in [-0.2, 0) is 0 Å². The maximum Gasteiger partial charge on any atom is 0.196 e. The zero-order valence-electron chi connectivity index (χ0n) is 10.8. The maximum atomic E-state index is 9.35. The summed E-state index contributed by atoms with van der Waals surface area (Å²) in [5, 5.41) is 9.79. The molecule has 0 aliphatic carbocycles. The predicted octanol–water partition coefficient (Wildman–Crippen LogP) is 2.78. The Hall–Kier alpha value is -1.91. The van der Waals surface area contributed by atoms with Gasteiger partial charge < -0.3 is 11.5 Å². The van der Waals surface area contributed by atoms with Crippen molar-refractivity contribution in [2.45, 2.75) is 21.9 Å². The van der Waals surface area contributed by atoms with Gasteiger partial charge in [-0.3, -0.25) is 0 Å². The Bertz CT molecular complexity index is 646. The molecule has 0 atom stereocenters. The molecule has 0 unspecified atom stereocenters. The summed E-state index contributed by atoms with van der Waals surface area (Å²) in [6.45, 7) is 2.05. The third-order valence-corrected chi connectivity index (χ3v) is 4.21. The fourth-order valence-electron chi connectivity index (χ4n) is 1.59. The summed E-state index contributed by atoms with van der Waals surface area (Å²) in [4.78, 5) is 9.98. The number of rotatable bonds is 4. The van der Waals surface area contributed by atoms with E-state index in [2.05, 4.69) is 16.0 Å². The van der Waals surface area contributed by atoms with Gasteiger partial charge in [0.05, 0.1) is 5.56 Å². The molecule has 1 aromatic carbocycles. The van der Waals surface area contributed by atoms with Crippen LogP contribution in [0.1, 0.15) is 12.5 Å². The van der Waals surface area contributed by atoms with Gasteiger partial charge in [0.25, 0.3) is 0 Å². The minimum Gasteiger partial charge on any atom is -0.383 e. The van der Waals surface area contributed by atoms with E-state index in [1.165, 1.54) is 17.8 Å². The number of anilines is 2. The zero-order valence-corrected chi connectivity index (χ0v) is 12.5. The van der Waals surface area contributed by atoms with Crippen molar-refractivity contribution in [2.24, 2.45) is 0 Å². The lowest BCUT2D eigenvalue weighted by atomic mass is 10.2.